The number of rotatable bonds is 5. The summed E-state index contributed by atoms with van der Waals surface area (Å²) in [7, 11) is 1.51. The van der Waals surface area contributed by atoms with Crippen molar-refractivity contribution in [1.82, 2.24) is 0 Å². The van der Waals surface area contributed by atoms with E-state index in [0.717, 1.165) is 56.8 Å². The number of aryl methyl sites for hydroxylation is 1. The second-order valence-electron chi connectivity index (χ2n) is 8.51. The van der Waals surface area contributed by atoms with Crippen LogP contribution in [-0.2, 0) is 16.0 Å². The molecule has 1 aromatic rings. The van der Waals surface area contributed by atoms with Crippen LogP contribution in [0.4, 0.5) is 0 Å². The van der Waals surface area contributed by atoms with E-state index in [-0.39, 0.29) is 11.4 Å². The molecule has 0 unspecified atom stereocenters. The summed E-state index contributed by atoms with van der Waals surface area (Å²) < 4.78 is 10.4. The Hall–Kier alpha value is -1.84. The van der Waals surface area contributed by atoms with Gasteiger partial charge in [-0.3, -0.25) is 9.59 Å². The number of hydrogen-bond donors (Lipinski definition) is 0. The van der Waals surface area contributed by atoms with Crippen molar-refractivity contribution < 1.29 is 18.7 Å². The van der Waals surface area contributed by atoms with Crippen LogP contribution in [-0.4, -0.2) is 19.4 Å². The van der Waals surface area contributed by atoms with Gasteiger partial charge in [-0.05, 0) is 75.3 Å². The molecule has 1 fully saturated rings. The van der Waals surface area contributed by atoms with Crippen molar-refractivity contribution in [2.45, 2.75) is 65.7 Å². The number of carbonyl (C=O) groups is 2. The molecule has 0 amide bonds. The number of fused-ring (bicyclic) bond motifs is 1. The minimum atomic E-state index is -0.395. The lowest BCUT2D eigenvalue weighted by molar-refractivity contribution is -0.163. The van der Waals surface area contributed by atoms with Crippen LogP contribution in [0.5, 0.6) is 0 Å². The van der Waals surface area contributed by atoms with Gasteiger partial charge in [-0.1, -0.05) is 24.5 Å². The van der Waals surface area contributed by atoms with Crippen LogP contribution in [0.25, 0.3) is 0 Å². The Morgan fingerprint density at radius 2 is 2.12 bits per heavy atom. The number of ether oxygens (including phenoxy) is 1. The number of furan rings is 1. The minimum absolute atomic E-state index is 0.0424. The minimum Gasteiger partial charge on any atom is -0.469 e. The smallest absolute Gasteiger partial charge is 0.311 e. The molecule has 0 aliphatic heterocycles. The van der Waals surface area contributed by atoms with Crippen LogP contribution in [0.2, 0.25) is 0 Å². The molecule has 2 aliphatic carbocycles. The fourth-order valence-electron chi connectivity index (χ4n) is 5.71. The van der Waals surface area contributed by atoms with Gasteiger partial charge in [-0.15, -0.1) is 0 Å². The van der Waals surface area contributed by atoms with Crippen molar-refractivity contribution in [2.24, 2.45) is 16.7 Å². The van der Waals surface area contributed by atoms with Crippen LogP contribution in [0.1, 0.15) is 75.4 Å². The maximum absolute atomic E-state index is 12.6. The lowest BCUT2D eigenvalue weighted by atomic mass is 9.49. The number of aldehydes is 1. The van der Waals surface area contributed by atoms with Crippen LogP contribution in [0.15, 0.2) is 27.9 Å². The van der Waals surface area contributed by atoms with Gasteiger partial charge in [0.05, 0.1) is 18.8 Å². The first-order valence-electron chi connectivity index (χ1n) is 9.65. The van der Waals surface area contributed by atoms with Crippen LogP contribution >= 0.6 is 0 Å². The van der Waals surface area contributed by atoms with Crippen molar-refractivity contribution in [2.75, 3.05) is 7.11 Å². The lowest BCUT2D eigenvalue weighted by Crippen LogP contribution is -2.50. The van der Waals surface area contributed by atoms with Crippen LogP contribution < -0.4 is 0 Å². The quantitative estimate of drug-likeness (QED) is 0.416. The van der Waals surface area contributed by atoms with Gasteiger partial charge in [-0.2, -0.15) is 0 Å². The second-order valence-corrected chi connectivity index (χ2v) is 8.51. The predicted molar refractivity (Wildman–Crippen MR) is 99.9 cm³/mol. The van der Waals surface area contributed by atoms with E-state index in [0.29, 0.717) is 11.7 Å². The van der Waals surface area contributed by atoms with E-state index in [2.05, 4.69) is 20.8 Å². The highest BCUT2D eigenvalue weighted by Crippen LogP contribution is 2.60. The first kappa shape index (κ1) is 18.9. The fraction of sp³-hybridized carbons (Fsp3) is 0.636. The zero-order valence-electron chi connectivity index (χ0n) is 16.4. The molecule has 0 aromatic carbocycles. The molecule has 3 atom stereocenters. The zero-order valence-corrected chi connectivity index (χ0v) is 16.4. The number of carbonyl (C=O) groups excluding carboxylic acids is 2. The third-order valence-corrected chi connectivity index (χ3v) is 7.05. The summed E-state index contributed by atoms with van der Waals surface area (Å²) in [6.07, 6.45) is 9.44. The highest BCUT2D eigenvalue weighted by atomic mass is 16.5. The summed E-state index contributed by atoms with van der Waals surface area (Å²) in [5.41, 5.74) is 3.67. The third-order valence-electron chi connectivity index (χ3n) is 7.05. The van der Waals surface area contributed by atoms with Crippen LogP contribution in [0, 0.1) is 16.7 Å². The molecule has 0 N–H and O–H groups in total. The van der Waals surface area contributed by atoms with E-state index in [1.54, 1.807) is 6.26 Å². The van der Waals surface area contributed by atoms with Gasteiger partial charge in [-0.25, -0.2) is 0 Å². The Morgan fingerprint density at radius 1 is 1.35 bits per heavy atom. The number of methoxy groups -OCH3 is 1. The first-order chi connectivity index (χ1) is 12.3. The highest BCUT2D eigenvalue weighted by Gasteiger charge is 2.55. The largest absolute Gasteiger partial charge is 0.469 e. The summed E-state index contributed by atoms with van der Waals surface area (Å²) in [5.74, 6) is 0.650. The molecule has 4 nitrogen and oxygen atoms in total. The summed E-state index contributed by atoms with van der Waals surface area (Å²) in [6.45, 7) is 6.70. The molecule has 0 saturated heterocycles. The Bertz CT molecular complexity index is 728. The van der Waals surface area contributed by atoms with E-state index in [1.165, 1.54) is 18.3 Å². The molecule has 1 saturated carbocycles. The van der Waals surface area contributed by atoms with Crippen molar-refractivity contribution in [3.05, 3.63) is 34.8 Å². The van der Waals surface area contributed by atoms with Gasteiger partial charge in [0.2, 0.25) is 0 Å². The van der Waals surface area contributed by atoms with Crippen LogP contribution in [0.3, 0.4) is 0 Å². The zero-order chi connectivity index (χ0) is 18.9. The summed E-state index contributed by atoms with van der Waals surface area (Å²) in [4.78, 5) is 23.4. The number of hydrogen-bond acceptors (Lipinski definition) is 4. The molecule has 4 heteroatoms. The average molecular weight is 358 g/mol. The standard InChI is InChI=1S/C22H30O4/c1-15-6-9-19-21(2,10-5-11-22(19,3)20(24)25-4)18(15)8-7-16-12-17(13-23)26-14-16/h12-14,19H,5-11H2,1-4H3/t19-,21-,22+/m1/s1. The Balaban J connectivity index is 1.87. The van der Waals surface area contributed by atoms with E-state index < -0.39 is 5.41 Å². The van der Waals surface area contributed by atoms with E-state index in [4.69, 9.17) is 9.15 Å². The number of esters is 1. The first-order valence-corrected chi connectivity index (χ1v) is 9.65. The molecule has 2 aliphatic rings. The van der Waals surface area contributed by atoms with Crippen molar-refractivity contribution in [1.29, 1.82) is 0 Å². The van der Waals surface area contributed by atoms with Crippen molar-refractivity contribution >= 4 is 12.3 Å². The lowest BCUT2D eigenvalue weighted by Gasteiger charge is -2.54. The Kier molecular flexibility index (Phi) is 5.14. The molecule has 1 heterocycles. The van der Waals surface area contributed by atoms with Gasteiger partial charge in [0.25, 0.3) is 0 Å². The molecule has 26 heavy (non-hydrogen) atoms. The maximum Gasteiger partial charge on any atom is 0.311 e. The monoisotopic (exact) mass is 358 g/mol. The molecule has 1 aromatic heterocycles. The predicted octanol–water partition coefficient (Wildman–Crippen LogP) is 5.12. The van der Waals surface area contributed by atoms with Crippen molar-refractivity contribution in [3.63, 3.8) is 0 Å². The summed E-state index contributed by atoms with van der Waals surface area (Å²) >= 11 is 0. The van der Waals surface area contributed by atoms with E-state index >= 15 is 0 Å². The van der Waals surface area contributed by atoms with Gasteiger partial charge >= 0.3 is 5.97 Å². The van der Waals surface area contributed by atoms with Gasteiger partial charge < -0.3 is 9.15 Å². The molecule has 0 bridgehead atoms. The topological polar surface area (TPSA) is 56.5 Å². The third kappa shape index (κ3) is 3.04. The fourth-order valence-corrected chi connectivity index (χ4v) is 5.71. The van der Waals surface area contributed by atoms with Gasteiger partial charge in [0.1, 0.15) is 0 Å². The molecular formula is C22H30O4. The van der Waals surface area contributed by atoms with Crippen molar-refractivity contribution in [3.8, 4) is 0 Å². The SMILES string of the molecule is COC(=O)[C@@]1(C)CCC[C@]2(C)C(CCc3coc(C=O)c3)=C(C)CC[C@@H]12. The molecule has 0 spiro atoms. The van der Waals surface area contributed by atoms with Gasteiger partial charge in [0, 0.05) is 0 Å². The maximum atomic E-state index is 12.6. The molecular weight excluding hydrogens is 328 g/mol. The molecule has 3 rings (SSSR count). The summed E-state index contributed by atoms with van der Waals surface area (Å²) in [6, 6.07) is 1.82. The highest BCUT2D eigenvalue weighted by molar-refractivity contribution is 5.77. The molecule has 142 valence electrons. The normalized spacial score (nSPS) is 31.5. The number of allylic oxidation sites excluding steroid dienone is 2. The Labute approximate surface area is 156 Å². The second kappa shape index (κ2) is 7.05. The van der Waals surface area contributed by atoms with E-state index in [9.17, 15) is 9.59 Å². The average Bonchev–Trinajstić information content (AvgIpc) is 3.08. The Morgan fingerprint density at radius 3 is 2.77 bits per heavy atom. The summed E-state index contributed by atoms with van der Waals surface area (Å²) in [5, 5.41) is 0. The molecule has 0 radical (unpaired) electrons. The van der Waals surface area contributed by atoms with E-state index in [1.807, 2.05) is 6.07 Å². The van der Waals surface area contributed by atoms with Gasteiger partial charge in [0.15, 0.2) is 12.0 Å².